The van der Waals surface area contributed by atoms with E-state index in [1.165, 1.54) is 0 Å². The number of nitrogens with zero attached hydrogens (tertiary/aromatic N) is 1. The van der Waals surface area contributed by atoms with E-state index in [0.29, 0.717) is 68.6 Å². The lowest BCUT2D eigenvalue weighted by molar-refractivity contribution is 0.0976. The van der Waals surface area contributed by atoms with Crippen LogP contribution in [-0.2, 0) is 0 Å². The van der Waals surface area contributed by atoms with E-state index in [0.717, 1.165) is 0 Å². The van der Waals surface area contributed by atoms with Crippen molar-refractivity contribution in [2.24, 2.45) is 0 Å². The van der Waals surface area contributed by atoms with Crippen LogP contribution in [0, 0.1) is 0 Å². The normalized spacial score (nSPS) is 12.4. The van der Waals surface area contributed by atoms with Gasteiger partial charge < -0.3 is 19.2 Å². The molecule has 0 radical (unpaired) electrons. The van der Waals surface area contributed by atoms with Crippen molar-refractivity contribution in [1.29, 1.82) is 0 Å². The third kappa shape index (κ3) is 4.59. The number of oxazole rings is 1. The van der Waals surface area contributed by atoms with Crippen LogP contribution < -0.4 is 20.1 Å². The van der Waals surface area contributed by atoms with Gasteiger partial charge in [0.15, 0.2) is 22.2 Å². The molecule has 0 saturated carbocycles. The number of hydrogen-bond acceptors (Lipinski definition) is 6. The van der Waals surface area contributed by atoms with Crippen LogP contribution in [-0.4, -0.2) is 29.2 Å². The molecule has 2 N–H and O–H groups in total. The summed E-state index contributed by atoms with van der Waals surface area (Å²) in [5, 5.41) is 6.76. The van der Waals surface area contributed by atoms with Gasteiger partial charge in [-0.05, 0) is 66.8 Å². The first-order chi connectivity index (χ1) is 16.0. The molecule has 1 aliphatic rings. The fourth-order valence-electron chi connectivity index (χ4n) is 3.30. The summed E-state index contributed by atoms with van der Waals surface area (Å²) in [6.45, 7) is 0.914. The summed E-state index contributed by atoms with van der Waals surface area (Å²) in [5.74, 6) is 1.09. The fourth-order valence-corrected chi connectivity index (χ4v) is 3.88. The van der Waals surface area contributed by atoms with Crippen LogP contribution in [0.3, 0.4) is 0 Å². The number of hydrogen-bond donors (Lipinski definition) is 2. The van der Waals surface area contributed by atoms with Gasteiger partial charge in [0.25, 0.3) is 5.91 Å². The number of fused-ring (bicyclic) bond motifs is 2. The molecule has 0 spiro atoms. The number of amides is 1. The highest BCUT2D eigenvalue weighted by molar-refractivity contribution is 7.80. The molecular formula is C23H15Cl2N3O4S. The molecule has 0 atom stereocenters. The van der Waals surface area contributed by atoms with E-state index in [2.05, 4.69) is 15.6 Å². The Hall–Kier alpha value is -3.33. The van der Waals surface area contributed by atoms with Crippen molar-refractivity contribution in [2.75, 3.05) is 18.5 Å². The number of nitrogens with one attached hydrogen (secondary N) is 2. The number of carbonyl (C=O) groups is 1. The molecule has 5 rings (SSSR count). The smallest absolute Gasteiger partial charge is 0.257 e. The number of benzene rings is 3. The van der Waals surface area contributed by atoms with Gasteiger partial charge >= 0.3 is 0 Å². The summed E-state index contributed by atoms with van der Waals surface area (Å²) >= 11 is 17.7. The molecule has 0 aliphatic carbocycles. The SMILES string of the molecule is O=C(NC(=S)Nc1ccc(Cl)c(-c2nc3cc(Cl)ccc3o2)c1)c1ccc2c(c1)OCCO2. The molecule has 0 bridgehead atoms. The number of thiocarbonyl (C=S) groups is 1. The number of ether oxygens (including phenoxy) is 2. The van der Waals surface area contributed by atoms with E-state index < -0.39 is 0 Å². The summed E-state index contributed by atoms with van der Waals surface area (Å²) in [6.07, 6.45) is 0. The van der Waals surface area contributed by atoms with Crippen LogP contribution in [0.4, 0.5) is 5.69 Å². The van der Waals surface area contributed by atoms with Gasteiger partial charge in [-0.3, -0.25) is 10.1 Å². The van der Waals surface area contributed by atoms with Crippen LogP contribution in [0.25, 0.3) is 22.6 Å². The Morgan fingerprint density at radius 3 is 2.64 bits per heavy atom. The first-order valence-corrected chi connectivity index (χ1v) is 11.0. The third-order valence-corrected chi connectivity index (χ3v) is 5.60. The molecule has 1 amide bonds. The summed E-state index contributed by atoms with van der Waals surface area (Å²) in [4.78, 5) is 17.1. The average molecular weight is 500 g/mol. The zero-order valence-electron chi connectivity index (χ0n) is 16.9. The number of rotatable bonds is 3. The molecular weight excluding hydrogens is 485 g/mol. The quantitative estimate of drug-likeness (QED) is 0.349. The average Bonchev–Trinajstić information content (AvgIpc) is 3.22. The number of aromatic nitrogens is 1. The lowest BCUT2D eigenvalue weighted by Crippen LogP contribution is -2.34. The van der Waals surface area contributed by atoms with Gasteiger partial charge in [0.05, 0.1) is 10.6 Å². The van der Waals surface area contributed by atoms with Crippen molar-refractivity contribution in [1.82, 2.24) is 10.3 Å². The molecule has 7 nitrogen and oxygen atoms in total. The predicted molar refractivity (Wildman–Crippen MR) is 131 cm³/mol. The Kier molecular flexibility index (Phi) is 5.80. The van der Waals surface area contributed by atoms with Gasteiger partial charge in [0.2, 0.25) is 5.89 Å². The van der Waals surface area contributed by atoms with Gasteiger partial charge in [-0.1, -0.05) is 23.2 Å². The molecule has 166 valence electrons. The Labute approximate surface area is 203 Å². The van der Waals surface area contributed by atoms with Gasteiger partial charge in [-0.2, -0.15) is 0 Å². The maximum atomic E-state index is 12.6. The van der Waals surface area contributed by atoms with Gasteiger partial charge in [0, 0.05) is 16.3 Å². The van der Waals surface area contributed by atoms with Crippen molar-refractivity contribution >= 4 is 63.2 Å². The van der Waals surface area contributed by atoms with Crippen molar-refractivity contribution in [3.8, 4) is 23.0 Å². The number of carbonyl (C=O) groups excluding carboxylic acids is 1. The minimum atomic E-state index is -0.380. The van der Waals surface area contributed by atoms with Crippen LogP contribution in [0.2, 0.25) is 10.0 Å². The van der Waals surface area contributed by atoms with Crippen LogP contribution in [0.1, 0.15) is 10.4 Å². The minimum absolute atomic E-state index is 0.118. The predicted octanol–water partition coefficient (Wildman–Crippen LogP) is 5.70. The summed E-state index contributed by atoms with van der Waals surface area (Å²) < 4.78 is 16.8. The van der Waals surface area contributed by atoms with E-state index >= 15 is 0 Å². The van der Waals surface area contributed by atoms with Crippen molar-refractivity contribution in [3.63, 3.8) is 0 Å². The molecule has 0 saturated heterocycles. The third-order valence-electron chi connectivity index (χ3n) is 4.84. The standard InChI is InChI=1S/C23H15Cl2N3O4S/c24-13-2-6-18-17(10-13)27-22(32-18)15-11-14(3-4-16(15)25)26-23(33)28-21(29)12-1-5-19-20(9-12)31-8-7-30-19/h1-6,9-11H,7-8H2,(H2,26,28,29,33). The van der Waals surface area contributed by atoms with Crippen LogP contribution in [0.5, 0.6) is 11.5 Å². The zero-order valence-corrected chi connectivity index (χ0v) is 19.2. The van der Waals surface area contributed by atoms with E-state index in [-0.39, 0.29) is 11.0 Å². The highest BCUT2D eigenvalue weighted by Gasteiger charge is 2.17. The van der Waals surface area contributed by atoms with Gasteiger partial charge in [0.1, 0.15) is 18.7 Å². The summed E-state index contributed by atoms with van der Waals surface area (Å²) in [7, 11) is 0. The fraction of sp³-hybridized carbons (Fsp3) is 0.0870. The lowest BCUT2D eigenvalue weighted by atomic mass is 10.2. The summed E-state index contributed by atoms with van der Waals surface area (Å²) in [5.41, 5.74) is 2.77. The Morgan fingerprint density at radius 2 is 1.79 bits per heavy atom. The first kappa shape index (κ1) is 21.5. The Bertz CT molecular complexity index is 1410. The maximum absolute atomic E-state index is 12.6. The molecule has 2 heterocycles. The van der Waals surface area contributed by atoms with Crippen molar-refractivity contribution in [2.45, 2.75) is 0 Å². The second-order valence-electron chi connectivity index (χ2n) is 7.09. The van der Waals surface area contributed by atoms with Crippen LogP contribution in [0.15, 0.2) is 59.0 Å². The molecule has 10 heteroatoms. The first-order valence-electron chi connectivity index (χ1n) is 9.84. The molecule has 0 unspecified atom stereocenters. The maximum Gasteiger partial charge on any atom is 0.257 e. The van der Waals surface area contributed by atoms with Gasteiger partial charge in [-0.15, -0.1) is 0 Å². The van der Waals surface area contributed by atoms with E-state index in [1.54, 1.807) is 54.6 Å². The molecule has 1 aliphatic heterocycles. The number of anilines is 1. The molecule has 4 aromatic rings. The summed E-state index contributed by atoms with van der Waals surface area (Å²) in [6, 6.07) is 15.3. The Balaban J connectivity index is 1.32. The second kappa shape index (κ2) is 8.90. The topological polar surface area (TPSA) is 85.6 Å². The van der Waals surface area contributed by atoms with Crippen molar-refractivity contribution in [3.05, 3.63) is 70.2 Å². The zero-order chi connectivity index (χ0) is 22.9. The molecule has 0 fully saturated rings. The van der Waals surface area contributed by atoms with E-state index in [1.807, 2.05) is 0 Å². The largest absolute Gasteiger partial charge is 0.486 e. The van der Waals surface area contributed by atoms with Gasteiger partial charge in [-0.25, -0.2) is 4.98 Å². The van der Waals surface area contributed by atoms with Crippen molar-refractivity contribution < 1.29 is 18.7 Å². The van der Waals surface area contributed by atoms with Crippen LogP contribution >= 0.6 is 35.4 Å². The van der Waals surface area contributed by atoms with E-state index in [9.17, 15) is 4.79 Å². The monoisotopic (exact) mass is 499 g/mol. The van der Waals surface area contributed by atoms with E-state index in [4.69, 9.17) is 49.3 Å². The second-order valence-corrected chi connectivity index (χ2v) is 8.34. The highest BCUT2D eigenvalue weighted by atomic mass is 35.5. The molecule has 33 heavy (non-hydrogen) atoms. The lowest BCUT2D eigenvalue weighted by Gasteiger charge is -2.18. The minimum Gasteiger partial charge on any atom is -0.486 e. The molecule has 1 aromatic heterocycles. The highest BCUT2D eigenvalue weighted by Crippen LogP contribution is 2.33. The molecule has 3 aromatic carbocycles. The Morgan fingerprint density at radius 1 is 0.970 bits per heavy atom. The number of halogens is 2.